The second kappa shape index (κ2) is 7.46. The minimum atomic E-state index is -1.03. The van der Waals surface area contributed by atoms with Gasteiger partial charge in [0.05, 0.1) is 31.2 Å². The summed E-state index contributed by atoms with van der Waals surface area (Å²) in [6.07, 6.45) is 9.04. The van der Waals surface area contributed by atoms with E-state index in [0.717, 1.165) is 23.1 Å². The quantitative estimate of drug-likeness (QED) is 0.523. The molecular weight excluding hydrogens is 329 g/mol. The van der Waals surface area contributed by atoms with E-state index >= 15 is 0 Å². The topological polar surface area (TPSA) is 106 Å². The Morgan fingerprint density at radius 2 is 2.12 bits per heavy atom. The van der Waals surface area contributed by atoms with Gasteiger partial charge in [0.1, 0.15) is 5.69 Å². The average molecular weight is 347 g/mol. The van der Waals surface area contributed by atoms with E-state index in [0.29, 0.717) is 18.7 Å². The number of carbonyl (C=O) groups is 1. The second-order valence-electron chi connectivity index (χ2n) is 6.11. The maximum Gasteiger partial charge on any atom is 1.00 e. The Morgan fingerprint density at radius 3 is 2.85 bits per heavy atom. The van der Waals surface area contributed by atoms with Crippen LogP contribution < -0.4 is 18.9 Å². The normalized spacial score (nSPS) is 13.4. The van der Waals surface area contributed by atoms with Crippen LogP contribution in [0.15, 0.2) is 37.2 Å². The average Bonchev–Trinajstić information content (AvgIpc) is 3.21. The monoisotopic (exact) mass is 347 g/mol. The number of carboxylic acids is 1. The molecule has 2 N–H and O–H groups in total. The first-order valence-corrected chi connectivity index (χ1v) is 8.03. The van der Waals surface area contributed by atoms with Crippen molar-refractivity contribution in [3.8, 4) is 11.3 Å². The number of aryl methyl sites for hydroxylation is 1. The van der Waals surface area contributed by atoms with Crippen molar-refractivity contribution in [2.24, 2.45) is 0 Å². The summed E-state index contributed by atoms with van der Waals surface area (Å²) in [6.45, 7) is 0.428. The van der Waals surface area contributed by atoms with E-state index in [1.54, 1.807) is 35.7 Å². The molecule has 3 heterocycles. The van der Waals surface area contributed by atoms with Crippen LogP contribution in [-0.4, -0.2) is 46.6 Å². The van der Waals surface area contributed by atoms with Gasteiger partial charge in [-0.1, -0.05) is 0 Å². The van der Waals surface area contributed by atoms with Crippen LogP contribution in [0.1, 0.15) is 23.0 Å². The molecule has 0 fully saturated rings. The zero-order valence-corrected chi connectivity index (χ0v) is 14.4. The summed E-state index contributed by atoms with van der Waals surface area (Å²) in [5.41, 5.74) is 3.54. The van der Waals surface area contributed by atoms with Crippen molar-refractivity contribution in [3.05, 3.63) is 54.0 Å². The number of aromatic nitrogens is 5. The van der Waals surface area contributed by atoms with Crippen molar-refractivity contribution in [1.29, 1.82) is 0 Å². The number of pyridine rings is 1. The Morgan fingerprint density at radius 1 is 1.27 bits per heavy atom. The van der Waals surface area contributed by atoms with Crippen molar-refractivity contribution in [1.82, 2.24) is 24.3 Å². The minimum absolute atomic E-state index is 0. The molecule has 0 bridgehead atoms. The fourth-order valence-corrected chi connectivity index (χ4v) is 3.34. The second-order valence-corrected chi connectivity index (χ2v) is 6.11. The molecule has 0 saturated carbocycles. The van der Waals surface area contributed by atoms with Crippen LogP contribution in [0.2, 0.25) is 0 Å². The van der Waals surface area contributed by atoms with Crippen molar-refractivity contribution < 1.29 is 35.3 Å². The molecular formula is C17H18LiN5O3. The van der Waals surface area contributed by atoms with Crippen LogP contribution in [0.4, 0.5) is 0 Å². The standard InChI is InChI=1S/C17H17N5O3.Li.H/c23-12(8-21-6-5-19-10-21)9-22-16(17(24)25)14-2-1-11-7-18-4-3-13(11)15(14)20-22;;/h3-7,10,12,23H,1-2,8-9H2,(H,24,25);;/q;+1;-1. The molecule has 0 saturated heterocycles. The molecule has 9 heteroatoms. The number of aliphatic hydroxyl groups is 1. The third-order valence-electron chi connectivity index (χ3n) is 4.42. The van der Waals surface area contributed by atoms with Gasteiger partial charge in [-0.3, -0.25) is 9.67 Å². The molecule has 0 spiro atoms. The van der Waals surface area contributed by atoms with Gasteiger partial charge in [0.15, 0.2) is 0 Å². The Labute approximate surface area is 163 Å². The van der Waals surface area contributed by atoms with Gasteiger partial charge in [0.25, 0.3) is 0 Å². The summed E-state index contributed by atoms with van der Waals surface area (Å²) in [5.74, 6) is -1.03. The Bertz CT molecular complexity index is 929. The summed E-state index contributed by atoms with van der Waals surface area (Å²) >= 11 is 0. The van der Waals surface area contributed by atoms with E-state index in [2.05, 4.69) is 15.1 Å². The maximum atomic E-state index is 11.8. The molecule has 8 nitrogen and oxygen atoms in total. The van der Waals surface area contributed by atoms with Crippen LogP contribution in [-0.2, 0) is 25.9 Å². The third-order valence-corrected chi connectivity index (χ3v) is 4.42. The van der Waals surface area contributed by atoms with E-state index in [4.69, 9.17) is 0 Å². The first kappa shape index (κ1) is 18.4. The van der Waals surface area contributed by atoms with Crippen molar-refractivity contribution >= 4 is 5.97 Å². The first-order chi connectivity index (χ1) is 12.1. The minimum Gasteiger partial charge on any atom is -1.00 e. The van der Waals surface area contributed by atoms with Gasteiger partial charge in [0, 0.05) is 35.9 Å². The van der Waals surface area contributed by atoms with Crippen LogP contribution in [0.3, 0.4) is 0 Å². The first-order valence-electron chi connectivity index (χ1n) is 8.03. The summed E-state index contributed by atoms with van der Waals surface area (Å²) in [6, 6.07) is 1.86. The largest absolute Gasteiger partial charge is 1.00 e. The van der Waals surface area contributed by atoms with Gasteiger partial charge >= 0.3 is 24.8 Å². The number of nitrogens with zero attached hydrogens (tertiary/aromatic N) is 5. The van der Waals surface area contributed by atoms with Crippen molar-refractivity contribution in [3.63, 3.8) is 0 Å². The fraction of sp³-hybridized carbons (Fsp3) is 0.294. The molecule has 0 aliphatic heterocycles. The van der Waals surface area contributed by atoms with Crippen molar-refractivity contribution in [2.75, 3.05) is 0 Å². The smallest absolute Gasteiger partial charge is 1.00 e. The third kappa shape index (κ3) is 3.31. The summed E-state index contributed by atoms with van der Waals surface area (Å²) in [5, 5.41) is 24.5. The SMILES string of the molecule is O=C(O)c1c2c(nn1CC(O)Cn1ccnc1)-c1ccncc1CC2.[H-].[Li+]. The van der Waals surface area contributed by atoms with Crippen LogP contribution in [0, 0.1) is 0 Å². The number of rotatable bonds is 5. The molecule has 4 rings (SSSR count). The number of fused-ring (bicyclic) bond motifs is 3. The molecule has 0 amide bonds. The molecule has 1 unspecified atom stereocenters. The van der Waals surface area contributed by atoms with Gasteiger partial charge in [-0.2, -0.15) is 5.10 Å². The molecule has 3 aromatic heterocycles. The molecule has 1 aliphatic rings. The van der Waals surface area contributed by atoms with E-state index in [1.165, 1.54) is 4.68 Å². The molecule has 0 radical (unpaired) electrons. The molecule has 3 aromatic rings. The molecule has 130 valence electrons. The number of aliphatic hydroxyl groups excluding tert-OH is 1. The van der Waals surface area contributed by atoms with Gasteiger partial charge in [-0.25, -0.2) is 9.78 Å². The van der Waals surface area contributed by atoms with E-state index in [9.17, 15) is 15.0 Å². The Balaban J connectivity index is 0.00000131. The Kier molecular flexibility index (Phi) is 5.27. The Hall–Kier alpha value is -2.40. The summed E-state index contributed by atoms with van der Waals surface area (Å²) in [7, 11) is 0. The van der Waals surface area contributed by atoms with Gasteiger partial charge in [-0.15, -0.1) is 0 Å². The van der Waals surface area contributed by atoms with Crippen LogP contribution in [0.25, 0.3) is 11.3 Å². The van der Waals surface area contributed by atoms with E-state index in [-0.39, 0.29) is 32.5 Å². The number of hydrogen-bond acceptors (Lipinski definition) is 5. The fourth-order valence-electron chi connectivity index (χ4n) is 3.34. The summed E-state index contributed by atoms with van der Waals surface area (Å²) < 4.78 is 3.15. The number of aromatic carboxylic acids is 1. The zero-order chi connectivity index (χ0) is 17.4. The van der Waals surface area contributed by atoms with Gasteiger partial charge < -0.3 is 16.2 Å². The zero-order valence-electron chi connectivity index (χ0n) is 15.4. The van der Waals surface area contributed by atoms with E-state index < -0.39 is 12.1 Å². The predicted octanol–water partition coefficient (Wildman–Crippen LogP) is -1.88. The van der Waals surface area contributed by atoms with Gasteiger partial charge in [-0.05, 0) is 24.5 Å². The number of hydrogen-bond donors (Lipinski definition) is 2. The maximum absolute atomic E-state index is 11.8. The molecule has 0 aromatic carbocycles. The number of imidazole rings is 1. The predicted molar refractivity (Wildman–Crippen MR) is 89.2 cm³/mol. The van der Waals surface area contributed by atoms with Crippen LogP contribution in [0.5, 0.6) is 0 Å². The van der Waals surface area contributed by atoms with Crippen LogP contribution >= 0.6 is 0 Å². The molecule has 1 atom stereocenters. The van der Waals surface area contributed by atoms with E-state index in [1.807, 2.05) is 6.07 Å². The number of carboxylic acid groups (broad SMARTS) is 1. The van der Waals surface area contributed by atoms with Crippen molar-refractivity contribution in [2.45, 2.75) is 32.0 Å². The molecule has 1 aliphatic carbocycles. The summed E-state index contributed by atoms with van der Waals surface area (Å²) in [4.78, 5) is 19.9. The van der Waals surface area contributed by atoms with Gasteiger partial charge in [0.2, 0.25) is 0 Å². The molecule has 26 heavy (non-hydrogen) atoms.